The molecule has 1 heterocycles. The lowest BCUT2D eigenvalue weighted by molar-refractivity contribution is 0.606. The van der Waals surface area contributed by atoms with Crippen molar-refractivity contribution in [2.24, 2.45) is 0 Å². The van der Waals surface area contributed by atoms with Crippen LogP contribution in [0.25, 0.3) is 9.94 Å². The summed E-state index contributed by atoms with van der Waals surface area (Å²) in [4.78, 5) is 0.486. The summed E-state index contributed by atoms with van der Waals surface area (Å²) in [6.45, 7) is 0. The van der Waals surface area contributed by atoms with Crippen molar-refractivity contribution in [3.8, 4) is 0 Å². The largest absolute Gasteiger partial charge is 0.218 e. The third-order valence-electron chi connectivity index (χ3n) is 2.92. The first-order chi connectivity index (χ1) is 8.62. The molecule has 0 fully saturated rings. The van der Waals surface area contributed by atoms with Crippen molar-refractivity contribution in [1.82, 2.24) is 0 Å². The molecule has 1 aliphatic heterocycles. The number of sulfone groups is 1. The molecule has 1 aliphatic rings. The Labute approximate surface area is 110 Å². The molecule has 0 atom stereocenters. The maximum atomic E-state index is 12.5. The molecule has 4 heteroatoms. The van der Waals surface area contributed by atoms with Gasteiger partial charge in [-0.1, -0.05) is 60.1 Å². The highest BCUT2D eigenvalue weighted by Gasteiger charge is 2.35. The lowest BCUT2D eigenvalue weighted by atomic mass is 10.1. The van der Waals surface area contributed by atoms with Gasteiger partial charge in [-0.3, -0.25) is 0 Å². The van der Waals surface area contributed by atoms with E-state index in [0.29, 0.717) is 16.2 Å². The van der Waals surface area contributed by atoms with Crippen LogP contribution in [0.2, 0.25) is 0 Å². The van der Waals surface area contributed by atoms with E-state index in [4.69, 9.17) is 11.6 Å². The van der Waals surface area contributed by atoms with Crippen LogP contribution in [0.1, 0.15) is 11.1 Å². The molecule has 18 heavy (non-hydrogen) atoms. The molecule has 0 saturated carbocycles. The fourth-order valence-corrected chi connectivity index (χ4v) is 4.47. The van der Waals surface area contributed by atoms with E-state index in [1.165, 1.54) is 0 Å². The molecule has 0 bridgehead atoms. The van der Waals surface area contributed by atoms with Crippen molar-refractivity contribution in [2.75, 3.05) is 0 Å². The van der Waals surface area contributed by atoms with Crippen LogP contribution in [-0.4, -0.2) is 8.42 Å². The maximum Gasteiger partial charge on any atom is 0.209 e. The molecular formula is C14H9ClO2S. The zero-order valence-corrected chi connectivity index (χ0v) is 10.9. The first kappa shape index (κ1) is 11.5. The highest BCUT2D eigenvalue weighted by Crippen LogP contribution is 2.45. The van der Waals surface area contributed by atoms with Crippen molar-refractivity contribution in [1.29, 1.82) is 0 Å². The predicted molar refractivity (Wildman–Crippen MR) is 72.7 cm³/mol. The van der Waals surface area contributed by atoms with Gasteiger partial charge in [0.05, 0.1) is 14.8 Å². The first-order valence-corrected chi connectivity index (χ1v) is 7.28. The lowest BCUT2D eigenvalue weighted by Crippen LogP contribution is -1.99. The SMILES string of the molecule is O=S1(=O)C(c2ccccc2)=C(Cl)c2ccccc21. The Hall–Kier alpha value is -1.58. The van der Waals surface area contributed by atoms with E-state index in [1.54, 1.807) is 48.5 Å². The average Bonchev–Trinajstić information content (AvgIpc) is 2.59. The molecular weight excluding hydrogens is 268 g/mol. The number of benzene rings is 2. The van der Waals surface area contributed by atoms with Crippen LogP contribution in [0.15, 0.2) is 59.5 Å². The molecule has 0 spiro atoms. The number of fused-ring (bicyclic) bond motifs is 1. The fourth-order valence-electron chi connectivity index (χ4n) is 2.10. The van der Waals surface area contributed by atoms with Gasteiger partial charge in [0.1, 0.15) is 0 Å². The van der Waals surface area contributed by atoms with Gasteiger partial charge >= 0.3 is 0 Å². The summed E-state index contributed by atoms with van der Waals surface area (Å²) in [6.07, 6.45) is 0. The summed E-state index contributed by atoms with van der Waals surface area (Å²) in [5, 5.41) is 0.303. The van der Waals surface area contributed by atoms with Gasteiger partial charge in [-0.2, -0.15) is 0 Å². The summed E-state index contributed by atoms with van der Waals surface area (Å²) < 4.78 is 24.9. The summed E-state index contributed by atoms with van der Waals surface area (Å²) >= 11 is 6.23. The van der Waals surface area contributed by atoms with E-state index in [9.17, 15) is 8.42 Å². The fraction of sp³-hybridized carbons (Fsp3) is 0. The summed E-state index contributed by atoms with van der Waals surface area (Å²) in [7, 11) is -3.50. The quantitative estimate of drug-likeness (QED) is 0.798. The molecule has 0 N–H and O–H groups in total. The molecule has 2 nitrogen and oxygen atoms in total. The summed E-state index contributed by atoms with van der Waals surface area (Å²) in [6, 6.07) is 15.7. The monoisotopic (exact) mass is 276 g/mol. The molecule has 3 rings (SSSR count). The molecule has 2 aromatic rings. The van der Waals surface area contributed by atoms with E-state index in [2.05, 4.69) is 0 Å². The zero-order valence-electron chi connectivity index (χ0n) is 9.30. The third-order valence-corrected chi connectivity index (χ3v) is 5.33. The molecule has 0 amide bonds. The minimum Gasteiger partial charge on any atom is -0.218 e. The Bertz CT molecular complexity index is 746. The van der Waals surface area contributed by atoms with Gasteiger partial charge in [-0.15, -0.1) is 0 Å². The van der Waals surface area contributed by atoms with Gasteiger partial charge in [-0.05, 0) is 11.6 Å². The smallest absolute Gasteiger partial charge is 0.209 e. The van der Waals surface area contributed by atoms with Gasteiger partial charge in [0.2, 0.25) is 9.84 Å². The highest BCUT2D eigenvalue weighted by atomic mass is 35.5. The van der Waals surface area contributed by atoms with Crippen LogP contribution in [0.3, 0.4) is 0 Å². The second-order valence-corrected chi connectivity index (χ2v) is 6.24. The third kappa shape index (κ3) is 1.51. The van der Waals surface area contributed by atoms with E-state index in [0.717, 1.165) is 0 Å². The van der Waals surface area contributed by atoms with Crippen molar-refractivity contribution in [3.63, 3.8) is 0 Å². The summed E-state index contributed by atoms with van der Waals surface area (Å²) in [5.41, 5.74) is 1.21. The van der Waals surface area contributed by atoms with Crippen LogP contribution in [0.4, 0.5) is 0 Å². The first-order valence-electron chi connectivity index (χ1n) is 5.42. The summed E-state index contributed by atoms with van der Waals surface area (Å²) in [5.74, 6) is 0. The van der Waals surface area contributed by atoms with Crippen molar-refractivity contribution in [3.05, 3.63) is 65.7 Å². The molecule has 0 aromatic heterocycles. The van der Waals surface area contributed by atoms with Gasteiger partial charge < -0.3 is 0 Å². The number of halogens is 1. The molecule has 90 valence electrons. The van der Waals surface area contributed by atoms with Crippen LogP contribution in [0, 0.1) is 0 Å². The molecule has 0 saturated heterocycles. The molecule has 2 aromatic carbocycles. The Kier molecular flexibility index (Phi) is 2.54. The Morgan fingerprint density at radius 3 is 2.11 bits per heavy atom. The number of hydrogen-bond acceptors (Lipinski definition) is 2. The van der Waals surface area contributed by atoms with Crippen LogP contribution in [0.5, 0.6) is 0 Å². The standard InChI is InChI=1S/C14H9ClO2S/c15-13-11-8-4-5-9-12(11)18(16,17)14(13)10-6-2-1-3-7-10/h1-9H. The molecule has 0 unspecified atom stereocenters. The van der Waals surface area contributed by atoms with Crippen molar-refractivity contribution < 1.29 is 8.42 Å². The minimum absolute atomic E-state index is 0.200. The van der Waals surface area contributed by atoms with Crippen LogP contribution >= 0.6 is 11.6 Å². The predicted octanol–water partition coefficient (Wildman–Crippen LogP) is 3.54. The zero-order chi connectivity index (χ0) is 12.8. The average molecular weight is 277 g/mol. The van der Waals surface area contributed by atoms with Crippen LogP contribution in [-0.2, 0) is 9.84 Å². The second kappa shape index (κ2) is 3.97. The lowest BCUT2D eigenvalue weighted by Gasteiger charge is -2.03. The normalized spacial score (nSPS) is 16.7. The Balaban J connectivity index is 2.34. The van der Waals surface area contributed by atoms with Crippen molar-refractivity contribution in [2.45, 2.75) is 4.90 Å². The number of rotatable bonds is 1. The van der Waals surface area contributed by atoms with E-state index >= 15 is 0 Å². The van der Waals surface area contributed by atoms with E-state index in [-0.39, 0.29) is 9.80 Å². The Morgan fingerprint density at radius 2 is 1.44 bits per heavy atom. The van der Waals surface area contributed by atoms with E-state index in [1.807, 2.05) is 6.07 Å². The topological polar surface area (TPSA) is 34.1 Å². The second-order valence-electron chi connectivity index (χ2n) is 4.01. The van der Waals surface area contributed by atoms with Gasteiger partial charge in [0, 0.05) is 5.56 Å². The van der Waals surface area contributed by atoms with Gasteiger partial charge in [-0.25, -0.2) is 8.42 Å². The highest BCUT2D eigenvalue weighted by molar-refractivity contribution is 8.01. The van der Waals surface area contributed by atoms with Crippen molar-refractivity contribution >= 4 is 31.4 Å². The van der Waals surface area contributed by atoms with Gasteiger partial charge in [0.15, 0.2) is 0 Å². The molecule has 0 radical (unpaired) electrons. The Morgan fingerprint density at radius 1 is 0.833 bits per heavy atom. The molecule has 0 aliphatic carbocycles. The number of hydrogen-bond donors (Lipinski definition) is 0. The van der Waals surface area contributed by atoms with Crippen LogP contribution < -0.4 is 0 Å². The van der Waals surface area contributed by atoms with Gasteiger partial charge in [0.25, 0.3) is 0 Å². The minimum atomic E-state index is -3.50. The van der Waals surface area contributed by atoms with E-state index < -0.39 is 9.84 Å². The maximum absolute atomic E-state index is 12.5.